The minimum Gasteiger partial charge on any atom is -0.507 e. The van der Waals surface area contributed by atoms with Crippen LogP contribution in [-0.2, 0) is 14.2 Å². The average molecular weight is 478 g/mol. The van der Waals surface area contributed by atoms with Gasteiger partial charge in [0, 0.05) is 12.1 Å². The molecule has 33 heavy (non-hydrogen) atoms. The number of carboxylic acid groups (broad SMARTS) is 1. The molecule has 3 rings (SSSR count). The Labute approximate surface area is 186 Å². The number of aliphatic hydroxyl groups excluding tert-OH is 6. The monoisotopic (exact) mass is 478 g/mol. The van der Waals surface area contributed by atoms with E-state index in [-0.39, 0.29) is 5.75 Å². The third-order valence-electron chi connectivity index (χ3n) is 5.46. The van der Waals surface area contributed by atoms with Gasteiger partial charge in [-0.25, -0.2) is 4.79 Å². The van der Waals surface area contributed by atoms with E-state index in [2.05, 4.69) is 0 Å². The van der Waals surface area contributed by atoms with Crippen LogP contribution in [0.3, 0.4) is 0 Å². The first-order chi connectivity index (χ1) is 15.5. The molecule has 0 saturated carbocycles. The van der Waals surface area contributed by atoms with Crippen LogP contribution in [0.15, 0.2) is 12.1 Å². The van der Waals surface area contributed by atoms with Crippen molar-refractivity contribution in [2.24, 2.45) is 0 Å². The largest absolute Gasteiger partial charge is 0.507 e. The quantitative estimate of drug-likeness (QED) is 0.196. The molecule has 0 radical (unpaired) electrons. The third kappa shape index (κ3) is 4.98. The molecule has 0 spiro atoms. The lowest BCUT2D eigenvalue weighted by Crippen LogP contribution is -2.64. The van der Waals surface area contributed by atoms with Crippen LogP contribution in [0.1, 0.15) is 17.3 Å². The van der Waals surface area contributed by atoms with E-state index in [0.717, 1.165) is 12.1 Å². The Morgan fingerprint density at radius 2 is 1.52 bits per heavy atom. The van der Waals surface area contributed by atoms with Crippen LogP contribution in [0.25, 0.3) is 0 Å². The minimum absolute atomic E-state index is 0.331. The van der Waals surface area contributed by atoms with Crippen molar-refractivity contribution in [2.45, 2.75) is 68.3 Å². The molecule has 14 heteroatoms. The zero-order valence-electron chi connectivity index (χ0n) is 17.2. The maximum Gasteiger partial charge on any atom is 0.343 e. The highest BCUT2D eigenvalue weighted by atomic mass is 16.8. The van der Waals surface area contributed by atoms with E-state index in [0.29, 0.717) is 0 Å². The molecule has 0 aliphatic carbocycles. The molecule has 0 bridgehead atoms. The van der Waals surface area contributed by atoms with E-state index in [1.807, 2.05) is 0 Å². The van der Waals surface area contributed by atoms with Gasteiger partial charge in [0.2, 0.25) is 6.29 Å². The van der Waals surface area contributed by atoms with Crippen LogP contribution in [0.2, 0.25) is 0 Å². The number of hydrogen-bond acceptors (Lipinski definition) is 13. The standard InChI is InChI=1S/C19H26O14/c1-5-11(23)13(25)15(27)18(30-5)33-16-14(26)12(24)9(4-20)32-19(16)31-6-2-7(21)10(17(28)29)8(22)3-6/h2-3,5,9,11-16,18-27H,4H2,1H3,(H,28,29)/t5-,9+,11-,12+,13+,14-,15+,16+,18-,19+/m0/s1. The van der Waals surface area contributed by atoms with Crippen molar-refractivity contribution in [3.63, 3.8) is 0 Å². The Kier molecular flexibility index (Phi) is 7.62. The molecule has 2 saturated heterocycles. The summed E-state index contributed by atoms with van der Waals surface area (Å²) in [7, 11) is 0. The van der Waals surface area contributed by atoms with Crippen molar-refractivity contribution < 1.29 is 69.7 Å². The molecule has 2 fully saturated rings. The van der Waals surface area contributed by atoms with Crippen LogP contribution in [0.4, 0.5) is 0 Å². The van der Waals surface area contributed by atoms with Gasteiger partial charge in [-0.3, -0.25) is 0 Å². The number of hydrogen-bond donors (Lipinski definition) is 9. The number of aromatic carboxylic acids is 1. The van der Waals surface area contributed by atoms with Gasteiger partial charge in [0.15, 0.2) is 12.4 Å². The minimum atomic E-state index is -1.78. The van der Waals surface area contributed by atoms with E-state index in [1.165, 1.54) is 6.92 Å². The summed E-state index contributed by atoms with van der Waals surface area (Å²) in [6, 6.07) is 1.67. The number of phenols is 2. The van der Waals surface area contributed by atoms with Gasteiger partial charge < -0.3 is 64.9 Å². The van der Waals surface area contributed by atoms with E-state index < -0.39 is 91.1 Å². The van der Waals surface area contributed by atoms with Crippen molar-refractivity contribution in [2.75, 3.05) is 6.61 Å². The summed E-state index contributed by atoms with van der Waals surface area (Å²) >= 11 is 0. The number of ether oxygens (including phenoxy) is 4. The van der Waals surface area contributed by atoms with E-state index in [1.54, 1.807) is 0 Å². The Morgan fingerprint density at radius 1 is 0.909 bits per heavy atom. The van der Waals surface area contributed by atoms with Crippen LogP contribution in [0, 0.1) is 0 Å². The SMILES string of the molecule is C[C@@H]1O[C@@H](O[C@H]2[C@H](Oc3cc(O)c(C(=O)O)c(O)c3)O[C@H](CO)[C@@H](O)[C@@H]2O)[C@H](O)[C@H](O)[C@H]1O. The summed E-state index contributed by atoms with van der Waals surface area (Å²) in [6.07, 6.45) is -15.5. The number of benzene rings is 1. The molecule has 10 atom stereocenters. The number of carboxylic acids is 1. The third-order valence-corrected chi connectivity index (χ3v) is 5.46. The Hall–Kier alpha value is -2.27. The lowest BCUT2D eigenvalue weighted by atomic mass is 9.97. The summed E-state index contributed by atoms with van der Waals surface area (Å²) in [5, 5.41) is 89.0. The molecule has 2 heterocycles. The second-order valence-electron chi connectivity index (χ2n) is 7.75. The maximum atomic E-state index is 11.1. The first-order valence-corrected chi connectivity index (χ1v) is 9.89. The molecule has 1 aromatic carbocycles. The molecular weight excluding hydrogens is 452 g/mol. The number of aliphatic hydroxyl groups is 6. The van der Waals surface area contributed by atoms with Crippen molar-refractivity contribution in [1.29, 1.82) is 0 Å². The molecule has 0 unspecified atom stereocenters. The second kappa shape index (κ2) is 9.92. The van der Waals surface area contributed by atoms with E-state index >= 15 is 0 Å². The van der Waals surface area contributed by atoms with Gasteiger partial charge in [-0.05, 0) is 6.92 Å². The molecule has 0 aromatic heterocycles. The summed E-state index contributed by atoms with van der Waals surface area (Å²) in [6.45, 7) is 0.647. The zero-order valence-corrected chi connectivity index (χ0v) is 17.2. The first-order valence-electron chi connectivity index (χ1n) is 9.89. The van der Waals surface area contributed by atoms with Crippen LogP contribution in [-0.4, -0.2) is 120 Å². The Balaban J connectivity index is 1.88. The summed E-state index contributed by atoms with van der Waals surface area (Å²) in [4.78, 5) is 11.1. The predicted molar refractivity (Wildman–Crippen MR) is 102 cm³/mol. The Bertz CT molecular complexity index is 825. The molecule has 0 amide bonds. The smallest absolute Gasteiger partial charge is 0.343 e. The van der Waals surface area contributed by atoms with Crippen molar-refractivity contribution in [3.05, 3.63) is 17.7 Å². The first kappa shape index (κ1) is 25.4. The fraction of sp³-hybridized carbons (Fsp3) is 0.632. The molecule has 186 valence electrons. The second-order valence-corrected chi connectivity index (χ2v) is 7.75. The fourth-order valence-corrected chi connectivity index (χ4v) is 3.58. The van der Waals surface area contributed by atoms with Crippen molar-refractivity contribution >= 4 is 5.97 Å². The van der Waals surface area contributed by atoms with Crippen LogP contribution in [0.5, 0.6) is 17.2 Å². The van der Waals surface area contributed by atoms with Gasteiger partial charge in [-0.15, -0.1) is 0 Å². The maximum absolute atomic E-state index is 11.1. The Morgan fingerprint density at radius 3 is 2.06 bits per heavy atom. The van der Waals surface area contributed by atoms with Gasteiger partial charge in [0.1, 0.15) is 59.4 Å². The highest BCUT2D eigenvalue weighted by Crippen LogP contribution is 2.35. The number of aromatic hydroxyl groups is 2. The van der Waals surface area contributed by atoms with Gasteiger partial charge in [0.25, 0.3) is 0 Å². The topological polar surface area (TPSA) is 236 Å². The highest BCUT2D eigenvalue weighted by molar-refractivity contribution is 5.94. The highest BCUT2D eigenvalue weighted by Gasteiger charge is 2.50. The zero-order chi connectivity index (χ0) is 24.6. The van der Waals surface area contributed by atoms with Gasteiger partial charge in [0.05, 0.1) is 12.7 Å². The predicted octanol–water partition coefficient (Wildman–Crippen LogP) is -3.17. The van der Waals surface area contributed by atoms with E-state index in [4.69, 9.17) is 24.1 Å². The van der Waals surface area contributed by atoms with E-state index in [9.17, 15) is 45.6 Å². The van der Waals surface area contributed by atoms with Crippen molar-refractivity contribution in [1.82, 2.24) is 0 Å². The lowest BCUT2D eigenvalue weighted by molar-refractivity contribution is -0.354. The van der Waals surface area contributed by atoms with Crippen LogP contribution < -0.4 is 4.74 Å². The number of rotatable bonds is 6. The lowest BCUT2D eigenvalue weighted by Gasteiger charge is -2.45. The summed E-state index contributed by atoms with van der Waals surface area (Å²) in [5.74, 6) is -3.63. The molecule has 9 N–H and O–H groups in total. The fourth-order valence-electron chi connectivity index (χ4n) is 3.58. The molecular formula is C19H26O14. The van der Waals surface area contributed by atoms with Crippen molar-refractivity contribution in [3.8, 4) is 17.2 Å². The molecule has 14 nitrogen and oxygen atoms in total. The average Bonchev–Trinajstić information content (AvgIpc) is 2.74. The summed E-state index contributed by atoms with van der Waals surface area (Å²) in [5.41, 5.74) is -0.788. The van der Waals surface area contributed by atoms with Gasteiger partial charge >= 0.3 is 5.97 Å². The number of carbonyl (C=O) groups is 1. The molecule has 1 aromatic rings. The summed E-state index contributed by atoms with van der Waals surface area (Å²) < 4.78 is 21.7. The normalized spacial score (nSPS) is 39.2. The van der Waals surface area contributed by atoms with Gasteiger partial charge in [-0.2, -0.15) is 0 Å². The molecule has 2 aliphatic heterocycles. The van der Waals surface area contributed by atoms with Crippen LogP contribution >= 0.6 is 0 Å². The van der Waals surface area contributed by atoms with Gasteiger partial charge in [-0.1, -0.05) is 0 Å². The molecule has 2 aliphatic rings.